The van der Waals surface area contributed by atoms with Gasteiger partial charge in [0.2, 0.25) is 0 Å². The molecule has 0 spiro atoms. The van der Waals surface area contributed by atoms with Crippen LogP contribution in [0.2, 0.25) is 0 Å². The third-order valence-corrected chi connectivity index (χ3v) is 2.49. The Hall–Kier alpha value is -1.35. The first kappa shape index (κ1) is 9.21. The molecule has 0 saturated carbocycles. The smallest absolute Gasteiger partial charge is 0.255 e. The van der Waals surface area contributed by atoms with E-state index in [9.17, 15) is 9.90 Å². The van der Waals surface area contributed by atoms with Crippen LogP contribution in [0.4, 0.5) is 5.69 Å². The van der Waals surface area contributed by atoms with Crippen molar-refractivity contribution in [1.82, 2.24) is 0 Å². The molecule has 0 aromatic heterocycles. The average molecular weight is 191 g/mol. The van der Waals surface area contributed by atoms with E-state index in [-0.39, 0.29) is 5.91 Å². The number of hydrogen-bond acceptors (Lipinski definition) is 2. The summed E-state index contributed by atoms with van der Waals surface area (Å²) >= 11 is 0. The van der Waals surface area contributed by atoms with Crippen LogP contribution in [-0.2, 0) is 4.79 Å². The van der Waals surface area contributed by atoms with Crippen LogP contribution in [0.1, 0.15) is 12.0 Å². The monoisotopic (exact) mass is 191 g/mol. The molecule has 74 valence electrons. The van der Waals surface area contributed by atoms with Gasteiger partial charge in [-0.25, -0.2) is 0 Å². The molecule has 1 saturated heterocycles. The van der Waals surface area contributed by atoms with Crippen molar-refractivity contribution in [2.24, 2.45) is 0 Å². The van der Waals surface area contributed by atoms with Gasteiger partial charge in [0.05, 0.1) is 0 Å². The van der Waals surface area contributed by atoms with Crippen molar-refractivity contribution in [3.8, 4) is 0 Å². The van der Waals surface area contributed by atoms with Gasteiger partial charge in [-0.1, -0.05) is 12.1 Å². The molecule has 14 heavy (non-hydrogen) atoms. The van der Waals surface area contributed by atoms with E-state index in [0.29, 0.717) is 13.0 Å². The molecule has 1 N–H and O–H groups in total. The summed E-state index contributed by atoms with van der Waals surface area (Å²) in [5.74, 6) is -0.185. The Labute approximate surface area is 83.0 Å². The van der Waals surface area contributed by atoms with Gasteiger partial charge in [-0.2, -0.15) is 0 Å². The number of hydrogen-bond donors (Lipinski definition) is 1. The molecule has 3 nitrogen and oxygen atoms in total. The van der Waals surface area contributed by atoms with E-state index in [1.54, 1.807) is 4.90 Å². The Kier molecular flexibility index (Phi) is 2.25. The highest BCUT2D eigenvalue weighted by atomic mass is 16.3. The second-order valence-corrected chi connectivity index (χ2v) is 3.63. The van der Waals surface area contributed by atoms with Crippen LogP contribution in [0, 0.1) is 6.92 Å². The zero-order valence-corrected chi connectivity index (χ0v) is 8.10. The lowest BCUT2D eigenvalue weighted by Crippen LogP contribution is -2.28. The molecule has 1 fully saturated rings. The van der Waals surface area contributed by atoms with E-state index in [1.807, 2.05) is 31.2 Å². The lowest BCUT2D eigenvalue weighted by molar-refractivity contribution is -0.123. The van der Waals surface area contributed by atoms with E-state index in [2.05, 4.69) is 0 Å². The van der Waals surface area contributed by atoms with E-state index < -0.39 is 6.10 Å². The first-order chi connectivity index (χ1) is 6.68. The first-order valence-corrected chi connectivity index (χ1v) is 4.74. The molecule has 0 radical (unpaired) electrons. The minimum Gasteiger partial charge on any atom is -0.383 e. The molecule has 0 unspecified atom stereocenters. The number of rotatable bonds is 1. The van der Waals surface area contributed by atoms with Crippen molar-refractivity contribution in [3.63, 3.8) is 0 Å². The van der Waals surface area contributed by atoms with Crippen LogP contribution in [0.5, 0.6) is 0 Å². The highest BCUT2D eigenvalue weighted by Gasteiger charge is 2.30. The number of aliphatic hydroxyl groups excluding tert-OH is 1. The number of amides is 1. The van der Waals surface area contributed by atoms with Gasteiger partial charge in [0.25, 0.3) is 5.91 Å². The zero-order chi connectivity index (χ0) is 10.1. The van der Waals surface area contributed by atoms with Gasteiger partial charge >= 0.3 is 0 Å². The standard InChI is InChI=1S/C11H13NO2/c1-8-3-2-4-9(7-8)12-6-5-10(13)11(12)14/h2-4,7,10,13H,5-6H2,1H3/t10-/m0/s1. The Morgan fingerprint density at radius 3 is 2.86 bits per heavy atom. The van der Waals surface area contributed by atoms with Crippen molar-refractivity contribution >= 4 is 11.6 Å². The number of anilines is 1. The average Bonchev–Trinajstić information content (AvgIpc) is 2.48. The number of aliphatic hydroxyl groups is 1. The van der Waals surface area contributed by atoms with Gasteiger partial charge in [0.15, 0.2) is 0 Å². The molecule has 1 aliphatic heterocycles. The molecule has 1 atom stereocenters. The fourth-order valence-corrected chi connectivity index (χ4v) is 1.72. The van der Waals surface area contributed by atoms with Gasteiger partial charge in [0.1, 0.15) is 6.10 Å². The lowest BCUT2D eigenvalue weighted by Gasteiger charge is -2.16. The largest absolute Gasteiger partial charge is 0.383 e. The van der Waals surface area contributed by atoms with Gasteiger partial charge in [-0.15, -0.1) is 0 Å². The minimum atomic E-state index is -0.810. The third kappa shape index (κ3) is 1.51. The summed E-state index contributed by atoms with van der Waals surface area (Å²) in [6, 6.07) is 7.75. The summed E-state index contributed by atoms with van der Waals surface area (Å²) in [5, 5.41) is 9.31. The topological polar surface area (TPSA) is 40.5 Å². The van der Waals surface area contributed by atoms with Crippen molar-refractivity contribution in [1.29, 1.82) is 0 Å². The van der Waals surface area contributed by atoms with E-state index in [1.165, 1.54) is 0 Å². The molecule has 0 bridgehead atoms. The Balaban J connectivity index is 2.28. The number of carbonyl (C=O) groups is 1. The maximum Gasteiger partial charge on any atom is 0.255 e. The molecule has 2 rings (SSSR count). The molecule has 3 heteroatoms. The molecule has 0 aliphatic carbocycles. The Bertz CT molecular complexity index is 362. The predicted molar refractivity (Wildman–Crippen MR) is 54.2 cm³/mol. The summed E-state index contributed by atoms with van der Waals surface area (Å²) in [6.45, 7) is 2.60. The summed E-state index contributed by atoms with van der Waals surface area (Å²) in [5.41, 5.74) is 2.00. The van der Waals surface area contributed by atoms with Crippen LogP contribution in [0.25, 0.3) is 0 Å². The molecule has 1 aromatic rings. The SMILES string of the molecule is Cc1cccc(N2CC[C@H](O)C2=O)c1. The van der Waals surface area contributed by atoms with Crippen LogP contribution in [-0.4, -0.2) is 23.7 Å². The van der Waals surface area contributed by atoms with Gasteiger partial charge in [-0.3, -0.25) is 4.79 Å². The fourth-order valence-electron chi connectivity index (χ4n) is 1.72. The zero-order valence-electron chi connectivity index (χ0n) is 8.10. The molecule has 1 amide bonds. The highest BCUT2D eigenvalue weighted by molar-refractivity contribution is 5.98. The van der Waals surface area contributed by atoms with Crippen molar-refractivity contribution in [3.05, 3.63) is 29.8 Å². The first-order valence-electron chi connectivity index (χ1n) is 4.74. The summed E-state index contributed by atoms with van der Waals surface area (Å²) in [4.78, 5) is 13.1. The molecular formula is C11H13NO2. The fraction of sp³-hybridized carbons (Fsp3) is 0.364. The van der Waals surface area contributed by atoms with Gasteiger partial charge in [-0.05, 0) is 24.6 Å². The molecule has 1 aromatic carbocycles. The third-order valence-electron chi connectivity index (χ3n) is 2.49. The predicted octanol–water partition coefficient (Wildman–Crippen LogP) is 1.09. The van der Waals surface area contributed by atoms with Gasteiger partial charge < -0.3 is 10.0 Å². The summed E-state index contributed by atoms with van der Waals surface area (Å²) in [7, 11) is 0. The van der Waals surface area contributed by atoms with E-state index >= 15 is 0 Å². The number of nitrogens with zero attached hydrogens (tertiary/aromatic N) is 1. The quantitative estimate of drug-likeness (QED) is 0.722. The molecule has 1 heterocycles. The second-order valence-electron chi connectivity index (χ2n) is 3.63. The lowest BCUT2D eigenvalue weighted by atomic mass is 10.2. The van der Waals surface area contributed by atoms with Gasteiger partial charge in [0, 0.05) is 18.7 Å². The number of aryl methyl sites for hydroxylation is 1. The van der Waals surface area contributed by atoms with E-state index in [0.717, 1.165) is 11.3 Å². The highest BCUT2D eigenvalue weighted by Crippen LogP contribution is 2.22. The van der Waals surface area contributed by atoms with Crippen molar-refractivity contribution < 1.29 is 9.90 Å². The normalized spacial score (nSPS) is 21.7. The van der Waals surface area contributed by atoms with Crippen LogP contribution >= 0.6 is 0 Å². The van der Waals surface area contributed by atoms with Crippen LogP contribution in [0.3, 0.4) is 0 Å². The Morgan fingerprint density at radius 1 is 1.50 bits per heavy atom. The summed E-state index contributed by atoms with van der Waals surface area (Å²) in [6.07, 6.45) is -0.275. The minimum absolute atomic E-state index is 0.185. The summed E-state index contributed by atoms with van der Waals surface area (Å²) < 4.78 is 0. The Morgan fingerprint density at radius 2 is 2.29 bits per heavy atom. The molecule has 1 aliphatic rings. The van der Waals surface area contributed by atoms with Crippen molar-refractivity contribution in [2.45, 2.75) is 19.4 Å². The number of carbonyl (C=O) groups excluding carboxylic acids is 1. The van der Waals surface area contributed by atoms with E-state index in [4.69, 9.17) is 0 Å². The van der Waals surface area contributed by atoms with Crippen molar-refractivity contribution in [2.75, 3.05) is 11.4 Å². The maximum atomic E-state index is 11.5. The second kappa shape index (κ2) is 3.42. The van der Waals surface area contributed by atoms with Crippen LogP contribution in [0.15, 0.2) is 24.3 Å². The maximum absolute atomic E-state index is 11.5. The van der Waals surface area contributed by atoms with Crippen LogP contribution < -0.4 is 4.90 Å². The molecular weight excluding hydrogens is 178 g/mol. The number of benzene rings is 1.